The normalized spacial score (nSPS) is 10.6. The number of carbonyl (C=O) groups is 1. The fourth-order valence-corrected chi connectivity index (χ4v) is 2.19. The Balaban J connectivity index is 2.06. The Kier molecular flexibility index (Phi) is 4.93. The predicted octanol–water partition coefficient (Wildman–Crippen LogP) is 3.71. The van der Waals surface area contributed by atoms with E-state index < -0.39 is 0 Å². The fraction of sp³-hybridized carbons (Fsp3) is 0. The van der Waals surface area contributed by atoms with Crippen LogP contribution in [0.3, 0.4) is 0 Å². The van der Waals surface area contributed by atoms with E-state index in [9.17, 15) is 4.79 Å². The number of nitrogens with zero attached hydrogens (tertiary/aromatic N) is 1. The lowest BCUT2D eigenvalue weighted by Gasteiger charge is -2.02. The van der Waals surface area contributed by atoms with E-state index in [1.807, 2.05) is 24.3 Å². The zero-order valence-corrected chi connectivity index (χ0v) is 12.7. The molecule has 0 radical (unpaired) electrons. The minimum atomic E-state index is -0.326. The van der Waals surface area contributed by atoms with Crippen LogP contribution in [0.5, 0.6) is 0 Å². The van der Waals surface area contributed by atoms with E-state index in [4.69, 9.17) is 11.6 Å². The van der Waals surface area contributed by atoms with Crippen LogP contribution in [0.1, 0.15) is 15.9 Å². The Morgan fingerprint density at radius 2 is 1.84 bits per heavy atom. The quantitative estimate of drug-likeness (QED) is 0.489. The van der Waals surface area contributed by atoms with Crippen LogP contribution < -0.4 is 5.43 Å². The zero-order valence-electron chi connectivity index (χ0n) is 9.81. The van der Waals surface area contributed by atoms with E-state index in [0.29, 0.717) is 10.6 Å². The number of hydrazone groups is 1. The highest BCUT2D eigenvalue weighted by atomic mass is 127. The second-order valence-electron chi connectivity index (χ2n) is 3.70. The second kappa shape index (κ2) is 6.68. The van der Waals surface area contributed by atoms with Gasteiger partial charge in [0.25, 0.3) is 5.91 Å². The van der Waals surface area contributed by atoms with Gasteiger partial charge in [-0.25, -0.2) is 5.43 Å². The van der Waals surface area contributed by atoms with Crippen molar-refractivity contribution in [1.82, 2.24) is 5.43 Å². The van der Waals surface area contributed by atoms with Gasteiger partial charge >= 0.3 is 0 Å². The van der Waals surface area contributed by atoms with Gasteiger partial charge < -0.3 is 0 Å². The molecule has 1 amide bonds. The monoisotopic (exact) mass is 384 g/mol. The van der Waals surface area contributed by atoms with Crippen molar-refractivity contribution < 1.29 is 4.79 Å². The van der Waals surface area contributed by atoms with Gasteiger partial charge in [-0.1, -0.05) is 41.9 Å². The first-order chi connectivity index (χ1) is 9.18. The largest absolute Gasteiger partial charge is 0.272 e. The molecule has 0 saturated carbocycles. The molecule has 2 aromatic carbocycles. The summed E-state index contributed by atoms with van der Waals surface area (Å²) in [5.74, 6) is -0.326. The van der Waals surface area contributed by atoms with Crippen molar-refractivity contribution in [2.24, 2.45) is 5.10 Å². The van der Waals surface area contributed by atoms with E-state index >= 15 is 0 Å². The average Bonchev–Trinajstić information content (AvgIpc) is 2.41. The first kappa shape index (κ1) is 14.0. The van der Waals surface area contributed by atoms with Crippen LogP contribution in [0.2, 0.25) is 5.02 Å². The molecule has 0 fully saturated rings. The summed E-state index contributed by atoms with van der Waals surface area (Å²) >= 11 is 8.14. The van der Waals surface area contributed by atoms with Crippen LogP contribution >= 0.6 is 34.2 Å². The maximum absolute atomic E-state index is 11.8. The van der Waals surface area contributed by atoms with Gasteiger partial charge in [0.1, 0.15) is 0 Å². The molecule has 3 nitrogen and oxygen atoms in total. The molecule has 0 saturated heterocycles. The molecule has 0 unspecified atom stereocenters. The highest BCUT2D eigenvalue weighted by Crippen LogP contribution is 2.14. The molecule has 0 aliphatic carbocycles. The van der Waals surface area contributed by atoms with E-state index in [0.717, 1.165) is 9.13 Å². The van der Waals surface area contributed by atoms with Crippen LogP contribution in [-0.4, -0.2) is 12.1 Å². The van der Waals surface area contributed by atoms with Gasteiger partial charge in [-0.15, -0.1) is 0 Å². The van der Waals surface area contributed by atoms with Crippen molar-refractivity contribution in [3.8, 4) is 0 Å². The van der Waals surface area contributed by atoms with Gasteiger partial charge in [-0.05, 0) is 40.8 Å². The molecule has 2 aromatic rings. The Morgan fingerprint density at radius 3 is 2.58 bits per heavy atom. The first-order valence-corrected chi connectivity index (χ1v) is 6.96. The third-order valence-corrected chi connectivity index (χ3v) is 3.71. The van der Waals surface area contributed by atoms with E-state index in [1.165, 1.54) is 0 Å². The smallest absolute Gasteiger partial charge is 0.267 e. The number of hydrogen-bond acceptors (Lipinski definition) is 2. The third-order valence-electron chi connectivity index (χ3n) is 2.39. The topological polar surface area (TPSA) is 41.5 Å². The summed E-state index contributed by atoms with van der Waals surface area (Å²) in [7, 11) is 0. The van der Waals surface area contributed by atoms with Crippen molar-refractivity contribution in [3.05, 3.63) is 68.3 Å². The number of benzene rings is 2. The van der Waals surface area contributed by atoms with Crippen LogP contribution in [-0.2, 0) is 0 Å². The molecule has 0 aromatic heterocycles. The van der Waals surface area contributed by atoms with E-state index in [1.54, 1.807) is 30.5 Å². The minimum Gasteiger partial charge on any atom is -0.267 e. The van der Waals surface area contributed by atoms with Crippen LogP contribution in [0.25, 0.3) is 0 Å². The van der Waals surface area contributed by atoms with E-state index in [2.05, 4.69) is 33.1 Å². The van der Waals surface area contributed by atoms with Gasteiger partial charge in [0.05, 0.1) is 16.8 Å². The summed E-state index contributed by atoms with van der Waals surface area (Å²) in [5.41, 5.74) is 3.81. The fourth-order valence-electron chi connectivity index (χ4n) is 1.45. The van der Waals surface area contributed by atoms with Gasteiger partial charge in [0, 0.05) is 9.13 Å². The lowest BCUT2D eigenvalue weighted by atomic mass is 10.2. The lowest BCUT2D eigenvalue weighted by molar-refractivity contribution is 0.0955. The van der Waals surface area contributed by atoms with Crippen molar-refractivity contribution in [2.45, 2.75) is 0 Å². The van der Waals surface area contributed by atoms with Gasteiger partial charge in [0.2, 0.25) is 0 Å². The lowest BCUT2D eigenvalue weighted by Crippen LogP contribution is -2.18. The summed E-state index contributed by atoms with van der Waals surface area (Å²) in [6.07, 6.45) is 1.61. The van der Waals surface area contributed by atoms with Gasteiger partial charge in [-0.3, -0.25) is 4.79 Å². The number of rotatable bonds is 3. The van der Waals surface area contributed by atoms with Gasteiger partial charge in [0.15, 0.2) is 0 Å². The van der Waals surface area contributed by atoms with Crippen LogP contribution in [0, 0.1) is 3.57 Å². The molecular weight excluding hydrogens is 375 g/mol. The molecule has 5 heteroatoms. The zero-order chi connectivity index (χ0) is 13.7. The molecule has 0 aliphatic heterocycles. The van der Waals surface area contributed by atoms with Crippen molar-refractivity contribution in [3.63, 3.8) is 0 Å². The van der Waals surface area contributed by atoms with Crippen LogP contribution in [0.15, 0.2) is 53.6 Å². The molecular formula is C14H10ClIN2O. The Morgan fingerprint density at radius 1 is 1.16 bits per heavy atom. The predicted molar refractivity (Wildman–Crippen MR) is 85.7 cm³/mol. The number of halogens is 2. The molecule has 0 bridgehead atoms. The molecule has 2 rings (SSSR count). The van der Waals surface area contributed by atoms with Crippen molar-refractivity contribution >= 4 is 46.3 Å². The molecule has 0 spiro atoms. The molecule has 96 valence electrons. The molecule has 0 atom stereocenters. The maximum atomic E-state index is 11.8. The summed E-state index contributed by atoms with van der Waals surface area (Å²) in [5, 5.41) is 4.34. The Labute approximate surface area is 129 Å². The second-order valence-corrected chi connectivity index (χ2v) is 5.27. The molecule has 0 aliphatic rings. The summed E-state index contributed by atoms with van der Waals surface area (Å²) in [6.45, 7) is 0. The Bertz CT molecular complexity index is 628. The summed E-state index contributed by atoms with van der Waals surface area (Å²) in [6, 6.07) is 14.6. The minimum absolute atomic E-state index is 0.326. The van der Waals surface area contributed by atoms with E-state index in [-0.39, 0.29) is 5.91 Å². The van der Waals surface area contributed by atoms with Crippen molar-refractivity contribution in [1.29, 1.82) is 0 Å². The third kappa shape index (κ3) is 3.78. The van der Waals surface area contributed by atoms with Gasteiger partial charge in [-0.2, -0.15) is 5.10 Å². The molecule has 19 heavy (non-hydrogen) atoms. The molecule has 1 N–H and O–H groups in total. The van der Waals surface area contributed by atoms with Crippen molar-refractivity contribution in [2.75, 3.05) is 0 Å². The standard InChI is InChI=1S/C14H10ClIN2O/c15-12-7-3-2-6-11(12)14(19)18-17-9-10-5-1-4-8-13(10)16/h1-9H,(H,18,19). The number of carbonyl (C=O) groups excluding carboxylic acids is 1. The number of hydrogen-bond donors (Lipinski definition) is 1. The first-order valence-electron chi connectivity index (χ1n) is 5.51. The summed E-state index contributed by atoms with van der Waals surface area (Å²) in [4.78, 5) is 11.8. The number of amides is 1. The maximum Gasteiger partial charge on any atom is 0.272 e. The highest BCUT2D eigenvalue weighted by Gasteiger charge is 2.07. The van der Waals surface area contributed by atoms with Crippen LogP contribution in [0.4, 0.5) is 0 Å². The SMILES string of the molecule is O=C(NN=Cc1ccccc1I)c1ccccc1Cl. The highest BCUT2D eigenvalue weighted by molar-refractivity contribution is 14.1. The molecule has 0 heterocycles. The summed E-state index contributed by atoms with van der Waals surface area (Å²) < 4.78 is 1.07. The Hall–Kier alpha value is -1.40. The number of nitrogens with one attached hydrogen (secondary N) is 1. The average molecular weight is 385 g/mol.